The van der Waals surface area contributed by atoms with E-state index in [9.17, 15) is 13.8 Å². The zero-order valence-corrected chi connectivity index (χ0v) is 16.2. The summed E-state index contributed by atoms with van der Waals surface area (Å²) >= 11 is 0. The number of para-hydroxylation sites is 1. The molecule has 0 saturated carbocycles. The normalized spacial score (nSPS) is 13.6. The van der Waals surface area contributed by atoms with Crippen molar-refractivity contribution in [2.24, 2.45) is 0 Å². The van der Waals surface area contributed by atoms with Crippen LogP contribution in [0.4, 0.5) is 11.4 Å². The quantitative estimate of drug-likeness (QED) is 0.669. The van der Waals surface area contributed by atoms with Crippen LogP contribution in [0, 0.1) is 0 Å². The second kappa shape index (κ2) is 7.09. The minimum absolute atomic E-state index is 0.0463. The molecule has 1 N–H and O–H groups in total. The van der Waals surface area contributed by atoms with Gasteiger partial charge in [0.1, 0.15) is 0 Å². The molecule has 1 atom stereocenters. The average Bonchev–Trinajstić information content (AvgIpc) is 3.01. The maximum Gasteiger partial charge on any atom is 0.339 e. The Bertz CT molecular complexity index is 1140. The van der Waals surface area contributed by atoms with Gasteiger partial charge in [0.15, 0.2) is 11.0 Å². The van der Waals surface area contributed by atoms with E-state index in [1.807, 2.05) is 19.1 Å². The van der Waals surface area contributed by atoms with Gasteiger partial charge in [-0.15, -0.1) is 0 Å². The lowest BCUT2D eigenvalue weighted by Gasteiger charge is -2.16. The molecule has 0 aliphatic carbocycles. The minimum atomic E-state index is -1.64. The van der Waals surface area contributed by atoms with Crippen LogP contribution in [0.25, 0.3) is 10.8 Å². The Morgan fingerprint density at radius 2 is 1.89 bits per heavy atom. The Labute approximate surface area is 164 Å². The fourth-order valence-electron chi connectivity index (χ4n) is 3.51. The van der Waals surface area contributed by atoms with Crippen molar-refractivity contribution in [1.29, 1.82) is 0 Å². The lowest BCUT2D eigenvalue weighted by Crippen LogP contribution is -2.25. The molecule has 28 heavy (non-hydrogen) atoms. The van der Waals surface area contributed by atoms with Crippen molar-refractivity contribution in [1.82, 2.24) is 0 Å². The highest BCUT2D eigenvalue weighted by molar-refractivity contribution is 7.86. The van der Waals surface area contributed by atoms with Gasteiger partial charge in [-0.3, -0.25) is 4.79 Å². The van der Waals surface area contributed by atoms with Crippen molar-refractivity contribution in [3.8, 4) is 0 Å². The topological polar surface area (TPSA) is 75.7 Å². The number of amides is 1. The SMILES string of the molecule is CCN1C(=O)c2cccc3c(S(=O)Nc4ccccc4C(=O)OC)ccc1c23. The predicted molar refractivity (Wildman–Crippen MR) is 109 cm³/mol. The number of ether oxygens (including phenoxy) is 1. The van der Waals surface area contributed by atoms with E-state index in [2.05, 4.69) is 4.72 Å². The maximum atomic E-state index is 13.1. The van der Waals surface area contributed by atoms with Crippen molar-refractivity contribution < 1.29 is 18.5 Å². The second-order valence-electron chi connectivity index (χ2n) is 6.27. The van der Waals surface area contributed by atoms with Gasteiger partial charge < -0.3 is 14.4 Å². The number of nitrogens with zero attached hydrogens (tertiary/aromatic N) is 1. The van der Waals surface area contributed by atoms with Crippen molar-refractivity contribution in [2.75, 3.05) is 23.3 Å². The predicted octanol–water partition coefficient (Wildman–Crippen LogP) is 3.74. The van der Waals surface area contributed by atoms with Gasteiger partial charge >= 0.3 is 5.97 Å². The molecule has 1 aliphatic heterocycles. The van der Waals surface area contributed by atoms with Gasteiger partial charge in [-0.2, -0.15) is 0 Å². The number of hydrogen-bond donors (Lipinski definition) is 1. The molecule has 0 bridgehead atoms. The van der Waals surface area contributed by atoms with Crippen LogP contribution in [0.3, 0.4) is 0 Å². The minimum Gasteiger partial charge on any atom is -0.465 e. The molecule has 1 aliphatic rings. The molecule has 0 spiro atoms. The summed E-state index contributed by atoms with van der Waals surface area (Å²) in [7, 11) is -0.337. The zero-order chi connectivity index (χ0) is 19.8. The third kappa shape index (κ3) is 2.75. The summed E-state index contributed by atoms with van der Waals surface area (Å²) in [5.41, 5.74) is 2.16. The fraction of sp³-hybridized carbons (Fsp3) is 0.143. The van der Waals surface area contributed by atoms with Gasteiger partial charge in [-0.05, 0) is 37.3 Å². The molecule has 0 saturated heterocycles. The summed E-state index contributed by atoms with van der Waals surface area (Å²) in [5.74, 6) is -0.556. The maximum absolute atomic E-state index is 13.1. The van der Waals surface area contributed by atoms with Gasteiger partial charge in [0.2, 0.25) is 0 Å². The van der Waals surface area contributed by atoms with Gasteiger partial charge in [-0.25, -0.2) is 9.00 Å². The first-order chi connectivity index (χ1) is 13.6. The number of esters is 1. The summed E-state index contributed by atoms with van der Waals surface area (Å²) in [6.07, 6.45) is 0. The number of benzene rings is 3. The van der Waals surface area contributed by atoms with Crippen molar-refractivity contribution >= 4 is 45.0 Å². The van der Waals surface area contributed by atoms with Crippen LogP contribution >= 0.6 is 0 Å². The third-order valence-corrected chi connectivity index (χ3v) is 5.96. The summed E-state index contributed by atoms with van der Waals surface area (Å²) in [5, 5.41) is 1.56. The zero-order valence-electron chi connectivity index (χ0n) is 15.4. The van der Waals surface area contributed by atoms with Crippen LogP contribution in [-0.4, -0.2) is 29.7 Å². The molecule has 0 aromatic heterocycles. The number of anilines is 2. The molecule has 1 unspecified atom stereocenters. The van der Waals surface area contributed by atoms with Gasteiger partial charge in [0.05, 0.1) is 28.9 Å². The number of nitrogens with one attached hydrogen (secondary N) is 1. The first kappa shape index (κ1) is 18.2. The van der Waals surface area contributed by atoms with E-state index in [1.54, 1.807) is 47.4 Å². The number of rotatable bonds is 5. The number of carbonyl (C=O) groups is 2. The lowest BCUT2D eigenvalue weighted by molar-refractivity contribution is 0.0602. The van der Waals surface area contributed by atoms with Gasteiger partial charge in [0.25, 0.3) is 5.91 Å². The molecule has 0 radical (unpaired) electrons. The van der Waals surface area contributed by atoms with Crippen LogP contribution in [0.15, 0.2) is 59.5 Å². The Kier molecular flexibility index (Phi) is 4.60. The van der Waals surface area contributed by atoms with Gasteiger partial charge in [-0.1, -0.05) is 24.3 Å². The van der Waals surface area contributed by atoms with E-state index >= 15 is 0 Å². The Morgan fingerprint density at radius 3 is 2.64 bits per heavy atom. The third-order valence-electron chi connectivity index (χ3n) is 4.80. The van der Waals surface area contributed by atoms with Crippen molar-refractivity contribution in [3.63, 3.8) is 0 Å². The molecule has 0 fully saturated rings. The molecule has 1 amide bonds. The van der Waals surface area contributed by atoms with E-state index in [0.717, 1.165) is 16.5 Å². The highest BCUT2D eigenvalue weighted by Gasteiger charge is 2.30. The monoisotopic (exact) mass is 394 g/mol. The Morgan fingerprint density at radius 1 is 1.11 bits per heavy atom. The fourth-order valence-corrected chi connectivity index (χ4v) is 4.56. The Balaban J connectivity index is 1.78. The van der Waals surface area contributed by atoms with Crippen LogP contribution in [0.5, 0.6) is 0 Å². The van der Waals surface area contributed by atoms with E-state index in [-0.39, 0.29) is 5.91 Å². The lowest BCUT2D eigenvalue weighted by atomic mass is 10.1. The molecule has 4 rings (SSSR count). The molecular weight excluding hydrogens is 376 g/mol. The number of methoxy groups -OCH3 is 1. The molecule has 6 nitrogen and oxygen atoms in total. The van der Waals surface area contributed by atoms with E-state index in [4.69, 9.17) is 4.74 Å². The average molecular weight is 394 g/mol. The summed E-state index contributed by atoms with van der Waals surface area (Å²) < 4.78 is 20.8. The largest absolute Gasteiger partial charge is 0.465 e. The van der Waals surface area contributed by atoms with Crippen LogP contribution in [0.2, 0.25) is 0 Å². The van der Waals surface area contributed by atoms with Crippen LogP contribution < -0.4 is 9.62 Å². The molecule has 3 aromatic rings. The van der Waals surface area contributed by atoms with E-state index < -0.39 is 17.0 Å². The first-order valence-corrected chi connectivity index (χ1v) is 9.95. The van der Waals surface area contributed by atoms with Gasteiger partial charge in [0, 0.05) is 22.9 Å². The number of carbonyl (C=O) groups excluding carboxylic acids is 2. The molecule has 3 aromatic carbocycles. The van der Waals surface area contributed by atoms with Crippen LogP contribution in [0.1, 0.15) is 27.6 Å². The van der Waals surface area contributed by atoms with E-state index in [0.29, 0.717) is 28.3 Å². The molecule has 7 heteroatoms. The molecule has 1 heterocycles. The molecular formula is C21H18N2O4S. The first-order valence-electron chi connectivity index (χ1n) is 8.80. The standard InChI is InChI=1S/C21H18N2O4S/c1-3-23-17-11-12-18(14-8-6-9-15(19(14)17)20(23)24)28(26)22-16-10-5-4-7-13(16)21(25)27-2/h4-12,22H,3H2,1-2H3. The molecule has 142 valence electrons. The van der Waals surface area contributed by atoms with E-state index in [1.165, 1.54) is 7.11 Å². The summed E-state index contributed by atoms with van der Waals surface area (Å²) in [4.78, 5) is 26.8. The summed E-state index contributed by atoms with van der Waals surface area (Å²) in [6.45, 7) is 2.49. The van der Waals surface area contributed by atoms with Crippen molar-refractivity contribution in [2.45, 2.75) is 11.8 Å². The van der Waals surface area contributed by atoms with Crippen molar-refractivity contribution in [3.05, 3.63) is 65.7 Å². The highest BCUT2D eigenvalue weighted by atomic mass is 32.2. The highest BCUT2D eigenvalue weighted by Crippen LogP contribution is 2.39. The number of hydrogen-bond acceptors (Lipinski definition) is 4. The smallest absolute Gasteiger partial charge is 0.339 e. The summed E-state index contributed by atoms with van der Waals surface area (Å²) in [6, 6.07) is 15.8. The second-order valence-corrected chi connectivity index (χ2v) is 7.45. The van der Waals surface area contributed by atoms with Crippen LogP contribution in [-0.2, 0) is 15.7 Å². The Hall–Kier alpha value is -3.19.